The minimum absolute atomic E-state index is 0.0871. The summed E-state index contributed by atoms with van der Waals surface area (Å²) >= 11 is 0. The van der Waals surface area contributed by atoms with Gasteiger partial charge in [0.15, 0.2) is 11.6 Å². The summed E-state index contributed by atoms with van der Waals surface area (Å²) in [6.45, 7) is 0. The fourth-order valence-corrected chi connectivity index (χ4v) is 2.24. The number of nitrogens with one attached hydrogen (secondary N) is 1. The summed E-state index contributed by atoms with van der Waals surface area (Å²) in [4.78, 5) is 16.0. The monoisotopic (exact) mass is 292 g/mol. The first kappa shape index (κ1) is 14.0. The zero-order chi connectivity index (χ0) is 15.4. The van der Waals surface area contributed by atoms with Crippen LogP contribution in [0.1, 0.15) is 17.5 Å². The number of nitrogens with two attached hydrogens (primary N) is 1. The van der Waals surface area contributed by atoms with Crippen LogP contribution in [-0.4, -0.2) is 21.0 Å². The number of H-pyrrole nitrogens is 1. The number of nitrogen functional groups attached to an aromatic ring is 1. The number of anilines is 1. The molecule has 2 heterocycles. The summed E-state index contributed by atoms with van der Waals surface area (Å²) in [5.41, 5.74) is 8.65. The van der Waals surface area contributed by atoms with Gasteiger partial charge >= 0.3 is 0 Å². The van der Waals surface area contributed by atoms with Gasteiger partial charge in [-0.3, -0.25) is 14.9 Å². The van der Waals surface area contributed by atoms with E-state index in [1.54, 1.807) is 24.5 Å². The van der Waals surface area contributed by atoms with E-state index in [2.05, 4.69) is 15.2 Å². The van der Waals surface area contributed by atoms with Crippen LogP contribution in [-0.2, 0) is 11.2 Å². The molecule has 0 amide bonds. The van der Waals surface area contributed by atoms with Crippen LogP contribution in [0.5, 0.6) is 0 Å². The summed E-state index contributed by atoms with van der Waals surface area (Å²) in [5.74, 6) is 0.553. The van der Waals surface area contributed by atoms with E-state index in [4.69, 9.17) is 5.73 Å². The maximum atomic E-state index is 11.9. The van der Waals surface area contributed by atoms with Crippen LogP contribution in [0.2, 0.25) is 0 Å². The first-order valence-corrected chi connectivity index (χ1v) is 7.06. The third kappa shape index (κ3) is 3.20. The number of aromatic amines is 1. The molecule has 110 valence electrons. The topological polar surface area (TPSA) is 84.7 Å². The number of aromatic nitrogens is 3. The Morgan fingerprint density at radius 3 is 3.05 bits per heavy atom. The summed E-state index contributed by atoms with van der Waals surface area (Å²) in [6.07, 6.45) is 8.09. The molecule has 5 heteroatoms. The fourth-order valence-electron chi connectivity index (χ4n) is 2.24. The molecule has 1 aromatic carbocycles. The third-order valence-electron chi connectivity index (χ3n) is 3.46. The molecule has 0 aliphatic carbocycles. The van der Waals surface area contributed by atoms with Crippen molar-refractivity contribution in [2.75, 3.05) is 5.73 Å². The van der Waals surface area contributed by atoms with Crippen LogP contribution in [0.4, 0.5) is 5.82 Å². The van der Waals surface area contributed by atoms with E-state index in [-0.39, 0.29) is 5.78 Å². The van der Waals surface area contributed by atoms with Crippen molar-refractivity contribution in [3.63, 3.8) is 0 Å². The smallest absolute Gasteiger partial charge is 0.156 e. The molecule has 0 aliphatic rings. The van der Waals surface area contributed by atoms with Crippen molar-refractivity contribution in [3.05, 3.63) is 59.9 Å². The molecule has 0 aliphatic heterocycles. The number of pyridine rings is 1. The molecule has 0 atom stereocenters. The molecule has 0 spiro atoms. The Bertz CT molecular complexity index is 821. The first-order valence-electron chi connectivity index (χ1n) is 7.06. The standard InChI is InChI=1S/C17H16N4O/c18-17-15-10-12(5-8-16(15)20-21-17)3-6-14(22)7-4-13-2-1-9-19-11-13/h1-3,5-6,8-11H,4,7H2,(H3,18,20,21)/b6-3+. The van der Waals surface area contributed by atoms with E-state index in [0.717, 1.165) is 22.0 Å². The number of aryl methyl sites for hydroxylation is 1. The van der Waals surface area contributed by atoms with Gasteiger partial charge < -0.3 is 5.73 Å². The van der Waals surface area contributed by atoms with E-state index in [9.17, 15) is 4.79 Å². The molecule has 0 fully saturated rings. The number of ketones is 1. The van der Waals surface area contributed by atoms with Crippen molar-refractivity contribution in [1.82, 2.24) is 15.2 Å². The first-order chi connectivity index (χ1) is 10.7. The Hall–Kier alpha value is -2.95. The van der Waals surface area contributed by atoms with E-state index < -0.39 is 0 Å². The van der Waals surface area contributed by atoms with Gasteiger partial charge in [0.2, 0.25) is 0 Å². The maximum Gasteiger partial charge on any atom is 0.156 e. The third-order valence-corrected chi connectivity index (χ3v) is 3.46. The number of benzene rings is 1. The van der Waals surface area contributed by atoms with Crippen molar-refractivity contribution in [2.24, 2.45) is 0 Å². The van der Waals surface area contributed by atoms with Crippen LogP contribution in [0.3, 0.4) is 0 Å². The molecule has 5 nitrogen and oxygen atoms in total. The second kappa shape index (κ2) is 6.22. The molecule has 3 rings (SSSR count). The van der Waals surface area contributed by atoms with Crippen LogP contribution in [0.25, 0.3) is 17.0 Å². The Morgan fingerprint density at radius 2 is 2.23 bits per heavy atom. The summed E-state index contributed by atoms with van der Waals surface area (Å²) < 4.78 is 0. The van der Waals surface area contributed by atoms with Gasteiger partial charge in [-0.25, -0.2) is 0 Å². The van der Waals surface area contributed by atoms with Crippen molar-refractivity contribution in [3.8, 4) is 0 Å². The lowest BCUT2D eigenvalue weighted by atomic mass is 10.1. The van der Waals surface area contributed by atoms with Gasteiger partial charge in [0, 0.05) is 24.2 Å². The second-order valence-corrected chi connectivity index (χ2v) is 5.07. The van der Waals surface area contributed by atoms with Crippen LogP contribution in [0.15, 0.2) is 48.8 Å². The molecule has 2 aromatic heterocycles. The van der Waals surface area contributed by atoms with Crippen LogP contribution >= 0.6 is 0 Å². The van der Waals surface area contributed by atoms with Crippen molar-refractivity contribution >= 4 is 28.6 Å². The van der Waals surface area contributed by atoms with Crippen molar-refractivity contribution < 1.29 is 4.79 Å². The highest BCUT2D eigenvalue weighted by Crippen LogP contribution is 2.19. The SMILES string of the molecule is Nc1n[nH]c2ccc(/C=C/C(=O)CCc3cccnc3)cc12. The number of rotatable bonds is 5. The Morgan fingerprint density at radius 1 is 1.32 bits per heavy atom. The van der Waals surface area contributed by atoms with E-state index in [0.29, 0.717) is 18.7 Å². The van der Waals surface area contributed by atoms with Gasteiger partial charge in [-0.1, -0.05) is 18.2 Å². The second-order valence-electron chi connectivity index (χ2n) is 5.07. The number of carbonyl (C=O) groups excluding carboxylic acids is 1. The molecule has 3 aromatic rings. The number of allylic oxidation sites excluding steroid dienone is 1. The lowest BCUT2D eigenvalue weighted by Crippen LogP contribution is -1.96. The predicted molar refractivity (Wildman–Crippen MR) is 87.1 cm³/mol. The average Bonchev–Trinajstić information content (AvgIpc) is 2.93. The highest BCUT2D eigenvalue weighted by molar-refractivity contribution is 5.95. The average molecular weight is 292 g/mol. The Kier molecular flexibility index (Phi) is 3.96. The maximum absolute atomic E-state index is 11.9. The number of hydrogen-bond acceptors (Lipinski definition) is 4. The molecule has 22 heavy (non-hydrogen) atoms. The highest BCUT2D eigenvalue weighted by atomic mass is 16.1. The highest BCUT2D eigenvalue weighted by Gasteiger charge is 2.02. The molecule has 0 saturated heterocycles. The quantitative estimate of drug-likeness (QED) is 0.708. The fraction of sp³-hybridized carbons (Fsp3) is 0.118. The summed E-state index contributed by atoms with van der Waals surface area (Å²) in [6, 6.07) is 9.59. The lowest BCUT2D eigenvalue weighted by Gasteiger charge is -1.98. The number of nitrogens with zero attached hydrogens (tertiary/aromatic N) is 2. The van der Waals surface area contributed by atoms with Crippen molar-refractivity contribution in [2.45, 2.75) is 12.8 Å². The molecule has 0 radical (unpaired) electrons. The van der Waals surface area contributed by atoms with Gasteiger partial charge in [0.05, 0.1) is 5.52 Å². The summed E-state index contributed by atoms with van der Waals surface area (Å²) in [5, 5.41) is 7.66. The molecular weight excluding hydrogens is 276 g/mol. The van der Waals surface area contributed by atoms with E-state index in [1.807, 2.05) is 30.3 Å². The number of fused-ring (bicyclic) bond motifs is 1. The van der Waals surface area contributed by atoms with E-state index in [1.165, 1.54) is 0 Å². The Balaban J connectivity index is 1.64. The van der Waals surface area contributed by atoms with Gasteiger partial charge in [0.25, 0.3) is 0 Å². The van der Waals surface area contributed by atoms with Crippen LogP contribution < -0.4 is 5.73 Å². The molecular formula is C17H16N4O. The van der Waals surface area contributed by atoms with Gasteiger partial charge in [-0.15, -0.1) is 0 Å². The zero-order valence-corrected chi connectivity index (χ0v) is 12.0. The number of carbonyl (C=O) groups is 1. The number of hydrogen-bond donors (Lipinski definition) is 2. The normalized spacial score (nSPS) is 11.3. The minimum atomic E-state index is 0.0871. The predicted octanol–water partition coefficient (Wildman–Crippen LogP) is 2.76. The molecule has 0 unspecified atom stereocenters. The molecule has 3 N–H and O–H groups in total. The van der Waals surface area contributed by atoms with Gasteiger partial charge in [-0.2, -0.15) is 5.10 Å². The minimum Gasteiger partial charge on any atom is -0.382 e. The van der Waals surface area contributed by atoms with E-state index >= 15 is 0 Å². The Labute approximate surface area is 127 Å². The largest absolute Gasteiger partial charge is 0.382 e. The van der Waals surface area contributed by atoms with Gasteiger partial charge in [0.1, 0.15) is 0 Å². The zero-order valence-electron chi connectivity index (χ0n) is 12.0. The summed E-state index contributed by atoms with van der Waals surface area (Å²) in [7, 11) is 0. The van der Waals surface area contributed by atoms with Gasteiger partial charge in [-0.05, 0) is 41.8 Å². The lowest BCUT2D eigenvalue weighted by molar-refractivity contribution is -0.114. The van der Waals surface area contributed by atoms with Crippen LogP contribution in [0, 0.1) is 0 Å². The van der Waals surface area contributed by atoms with Crippen molar-refractivity contribution in [1.29, 1.82) is 0 Å². The molecule has 0 saturated carbocycles. The molecule has 0 bridgehead atoms.